The van der Waals surface area contributed by atoms with Gasteiger partial charge in [-0.2, -0.15) is 0 Å². The standard InChI is InChI=1S/C27H23ClN2O3/c1-32-27(31)24-14-12-22(21-10-6-5-9-20(21)16-29)26(30-24)19-11-13-23(28)25(15-19)33-17-18-7-3-2-4-8-18/h2-15H,16-17,29H2,1H3. The third-order valence-corrected chi connectivity index (χ3v) is 5.57. The number of benzene rings is 3. The molecule has 0 radical (unpaired) electrons. The van der Waals surface area contributed by atoms with Gasteiger partial charge in [-0.05, 0) is 41.0 Å². The maximum Gasteiger partial charge on any atom is 0.356 e. The number of hydrogen-bond acceptors (Lipinski definition) is 5. The molecule has 33 heavy (non-hydrogen) atoms. The molecule has 0 fully saturated rings. The SMILES string of the molecule is COC(=O)c1ccc(-c2ccccc2CN)c(-c2ccc(Cl)c(OCc3ccccc3)c2)n1. The average Bonchev–Trinajstić information content (AvgIpc) is 2.88. The number of nitrogens with zero attached hydrogens (tertiary/aromatic N) is 1. The van der Waals surface area contributed by atoms with Crippen LogP contribution in [0.4, 0.5) is 0 Å². The number of hydrogen-bond donors (Lipinski definition) is 1. The lowest BCUT2D eigenvalue weighted by atomic mass is 9.95. The van der Waals surface area contributed by atoms with Crippen LogP contribution in [0.2, 0.25) is 5.02 Å². The van der Waals surface area contributed by atoms with E-state index in [1.165, 1.54) is 7.11 Å². The molecule has 0 amide bonds. The first-order chi connectivity index (χ1) is 16.1. The van der Waals surface area contributed by atoms with E-state index in [1.807, 2.05) is 72.8 Å². The second-order valence-electron chi connectivity index (χ2n) is 7.36. The van der Waals surface area contributed by atoms with Gasteiger partial charge in [0.1, 0.15) is 18.1 Å². The molecule has 5 nitrogen and oxygen atoms in total. The number of pyridine rings is 1. The highest BCUT2D eigenvalue weighted by molar-refractivity contribution is 6.32. The van der Waals surface area contributed by atoms with Gasteiger partial charge in [0.15, 0.2) is 0 Å². The van der Waals surface area contributed by atoms with Gasteiger partial charge < -0.3 is 15.2 Å². The zero-order chi connectivity index (χ0) is 23.2. The number of carbonyl (C=O) groups is 1. The fourth-order valence-electron chi connectivity index (χ4n) is 3.57. The number of halogens is 1. The fourth-order valence-corrected chi connectivity index (χ4v) is 3.74. The smallest absolute Gasteiger partial charge is 0.356 e. The maximum absolute atomic E-state index is 12.2. The summed E-state index contributed by atoms with van der Waals surface area (Å²) in [4.78, 5) is 16.8. The van der Waals surface area contributed by atoms with Crippen molar-refractivity contribution in [2.75, 3.05) is 7.11 Å². The lowest BCUT2D eigenvalue weighted by Gasteiger charge is -2.15. The highest BCUT2D eigenvalue weighted by Crippen LogP contribution is 2.36. The van der Waals surface area contributed by atoms with Crippen LogP contribution >= 0.6 is 11.6 Å². The lowest BCUT2D eigenvalue weighted by molar-refractivity contribution is 0.0594. The van der Waals surface area contributed by atoms with E-state index in [1.54, 1.807) is 12.1 Å². The highest BCUT2D eigenvalue weighted by atomic mass is 35.5. The van der Waals surface area contributed by atoms with Crippen molar-refractivity contribution in [2.24, 2.45) is 5.73 Å². The Labute approximate surface area is 197 Å². The number of nitrogens with two attached hydrogens (primary N) is 1. The van der Waals surface area contributed by atoms with E-state index < -0.39 is 5.97 Å². The predicted molar refractivity (Wildman–Crippen MR) is 130 cm³/mol. The minimum atomic E-state index is -0.510. The van der Waals surface area contributed by atoms with Crippen LogP contribution in [0.15, 0.2) is 84.9 Å². The van der Waals surface area contributed by atoms with Crippen molar-refractivity contribution in [3.05, 3.63) is 107 Å². The summed E-state index contributed by atoms with van der Waals surface area (Å²) in [7, 11) is 1.33. The summed E-state index contributed by atoms with van der Waals surface area (Å²) in [5.41, 5.74) is 11.4. The Morgan fingerprint density at radius 2 is 1.70 bits per heavy atom. The highest BCUT2D eigenvalue weighted by Gasteiger charge is 2.17. The molecular weight excluding hydrogens is 436 g/mol. The monoisotopic (exact) mass is 458 g/mol. The Kier molecular flexibility index (Phi) is 7.03. The van der Waals surface area contributed by atoms with Gasteiger partial charge in [-0.15, -0.1) is 0 Å². The average molecular weight is 459 g/mol. The topological polar surface area (TPSA) is 74.4 Å². The summed E-state index contributed by atoms with van der Waals surface area (Å²) in [6, 6.07) is 26.7. The lowest BCUT2D eigenvalue weighted by Crippen LogP contribution is -2.06. The molecule has 4 aromatic rings. The summed E-state index contributed by atoms with van der Waals surface area (Å²) in [6.45, 7) is 0.753. The first-order valence-corrected chi connectivity index (χ1v) is 10.8. The van der Waals surface area contributed by atoms with E-state index in [4.69, 9.17) is 26.8 Å². The van der Waals surface area contributed by atoms with E-state index in [-0.39, 0.29) is 5.69 Å². The van der Waals surface area contributed by atoms with Gasteiger partial charge in [-0.1, -0.05) is 72.3 Å². The first-order valence-electron chi connectivity index (χ1n) is 10.4. The van der Waals surface area contributed by atoms with Crippen LogP contribution in [0, 0.1) is 0 Å². The maximum atomic E-state index is 12.2. The minimum absolute atomic E-state index is 0.211. The molecule has 6 heteroatoms. The predicted octanol–water partition coefficient (Wildman–Crippen LogP) is 5.89. The van der Waals surface area contributed by atoms with E-state index in [9.17, 15) is 4.79 Å². The molecule has 0 bridgehead atoms. The number of carbonyl (C=O) groups excluding carboxylic acids is 1. The van der Waals surface area contributed by atoms with Crippen LogP contribution in [0.3, 0.4) is 0 Å². The first kappa shape index (κ1) is 22.5. The number of aromatic nitrogens is 1. The summed E-state index contributed by atoms with van der Waals surface area (Å²) in [5, 5.41) is 0.489. The van der Waals surface area contributed by atoms with E-state index in [0.717, 1.165) is 27.8 Å². The van der Waals surface area contributed by atoms with Gasteiger partial charge in [0.05, 0.1) is 17.8 Å². The van der Waals surface area contributed by atoms with Crippen molar-refractivity contribution in [1.29, 1.82) is 0 Å². The summed E-state index contributed by atoms with van der Waals surface area (Å²) < 4.78 is 10.9. The van der Waals surface area contributed by atoms with Gasteiger partial charge in [-0.3, -0.25) is 0 Å². The fraction of sp³-hybridized carbons (Fsp3) is 0.111. The number of rotatable bonds is 7. The second-order valence-corrected chi connectivity index (χ2v) is 7.77. The van der Waals surface area contributed by atoms with Crippen LogP contribution < -0.4 is 10.5 Å². The molecule has 2 N–H and O–H groups in total. The molecule has 0 saturated carbocycles. The minimum Gasteiger partial charge on any atom is -0.487 e. The molecule has 4 rings (SSSR count). The van der Waals surface area contributed by atoms with Crippen molar-refractivity contribution in [1.82, 2.24) is 4.98 Å². The normalized spacial score (nSPS) is 10.6. The van der Waals surface area contributed by atoms with E-state index >= 15 is 0 Å². The molecule has 3 aromatic carbocycles. The van der Waals surface area contributed by atoms with Crippen LogP contribution in [0.5, 0.6) is 5.75 Å². The van der Waals surface area contributed by atoms with Gasteiger partial charge in [0, 0.05) is 17.7 Å². The molecule has 0 saturated heterocycles. The Hall–Kier alpha value is -3.67. The number of esters is 1. The van der Waals surface area contributed by atoms with Crippen LogP contribution in [0.25, 0.3) is 22.4 Å². The van der Waals surface area contributed by atoms with E-state index in [0.29, 0.717) is 29.6 Å². The zero-order valence-corrected chi connectivity index (χ0v) is 18.9. The summed E-state index contributed by atoms with van der Waals surface area (Å²) in [6.07, 6.45) is 0. The van der Waals surface area contributed by atoms with Gasteiger partial charge >= 0.3 is 5.97 Å². The molecular formula is C27H23ClN2O3. The third kappa shape index (κ3) is 5.06. The number of methoxy groups -OCH3 is 1. The molecule has 0 aliphatic rings. The Bertz CT molecular complexity index is 1280. The molecule has 0 unspecified atom stereocenters. The molecule has 0 spiro atoms. The molecule has 0 aliphatic carbocycles. The van der Waals surface area contributed by atoms with Crippen molar-refractivity contribution in [2.45, 2.75) is 13.2 Å². The van der Waals surface area contributed by atoms with E-state index in [2.05, 4.69) is 4.98 Å². The Morgan fingerprint density at radius 3 is 2.45 bits per heavy atom. The number of ether oxygens (including phenoxy) is 2. The van der Waals surface area contributed by atoms with Crippen molar-refractivity contribution >= 4 is 17.6 Å². The molecule has 1 heterocycles. The third-order valence-electron chi connectivity index (χ3n) is 5.26. The Morgan fingerprint density at radius 1 is 0.939 bits per heavy atom. The van der Waals surface area contributed by atoms with Crippen molar-refractivity contribution < 1.29 is 14.3 Å². The molecule has 1 aromatic heterocycles. The quantitative estimate of drug-likeness (QED) is 0.349. The molecule has 166 valence electrons. The van der Waals surface area contributed by atoms with Crippen LogP contribution in [-0.4, -0.2) is 18.1 Å². The van der Waals surface area contributed by atoms with Gasteiger partial charge in [0.25, 0.3) is 0 Å². The molecule has 0 atom stereocenters. The van der Waals surface area contributed by atoms with Crippen molar-refractivity contribution in [3.63, 3.8) is 0 Å². The largest absolute Gasteiger partial charge is 0.487 e. The van der Waals surface area contributed by atoms with Crippen LogP contribution in [-0.2, 0) is 17.9 Å². The van der Waals surface area contributed by atoms with Crippen LogP contribution in [0.1, 0.15) is 21.6 Å². The Balaban J connectivity index is 1.80. The summed E-state index contributed by atoms with van der Waals surface area (Å²) >= 11 is 6.42. The summed E-state index contributed by atoms with van der Waals surface area (Å²) in [5.74, 6) is 0.0192. The van der Waals surface area contributed by atoms with Crippen molar-refractivity contribution in [3.8, 4) is 28.1 Å². The zero-order valence-electron chi connectivity index (χ0n) is 18.1. The van der Waals surface area contributed by atoms with Gasteiger partial charge in [-0.25, -0.2) is 9.78 Å². The second kappa shape index (κ2) is 10.3. The van der Waals surface area contributed by atoms with Gasteiger partial charge in [0.2, 0.25) is 0 Å². The molecule has 0 aliphatic heterocycles.